The van der Waals surface area contributed by atoms with Crippen LogP contribution in [0.3, 0.4) is 0 Å². The van der Waals surface area contributed by atoms with Gasteiger partial charge in [-0.15, -0.1) is 0 Å². The summed E-state index contributed by atoms with van der Waals surface area (Å²) < 4.78 is 10.3. The van der Waals surface area contributed by atoms with Crippen LogP contribution in [-0.2, 0) is 23.9 Å². The zero-order valence-electron chi connectivity index (χ0n) is 11.7. The molecule has 0 aliphatic carbocycles. The second kappa shape index (κ2) is 6.40. The zero-order valence-corrected chi connectivity index (χ0v) is 11.7. The normalized spacial score (nSPS) is 27.6. The molecule has 22 heavy (non-hydrogen) atoms. The zero-order chi connectivity index (χ0) is 16.3. The van der Waals surface area contributed by atoms with E-state index in [1.54, 1.807) is 0 Å². The Labute approximate surface area is 125 Å². The molecule has 2 aliphatic rings. The smallest absolute Gasteiger partial charge is 0.316 e. The molecule has 0 radical (unpaired) electrons. The van der Waals surface area contributed by atoms with Crippen molar-refractivity contribution in [2.24, 2.45) is 10.3 Å². The van der Waals surface area contributed by atoms with Crippen molar-refractivity contribution in [3.05, 3.63) is 0 Å². The van der Waals surface area contributed by atoms with Gasteiger partial charge >= 0.3 is 11.9 Å². The first-order chi connectivity index (χ1) is 10.4. The number of nitriles is 1. The van der Waals surface area contributed by atoms with Gasteiger partial charge in [-0.2, -0.15) is 15.4 Å². The maximum absolute atomic E-state index is 12.0. The average Bonchev–Trinajstić information content (AvgIpc) is 2.95. The van der Waals surface area contributed by atoms with Gasteiger partial charge in [-0.1, -0.05) is 5.22 Å². The number of amides is 1. The fraction of sp³-hybridized carbons (Fsp3) is 0.583. The quantitative estimate of drug-likeness (QED) is 0.430. The lowest BCUT2D eigenvalue weighted by Crippen LogP contribution is -2.48. The molecule has 0 bridgehead atoms. The molecular formula is C12H13N5O5. The molecule has 3 atom stereocenters. The molecule has 2 rings (SSSR count). The summed E-state index contributed by atoms with van der Waals surface area (Å²) in [5.41, 5.74) is -0.637. The van der Waals surface area contributed by atoms with Crippen LogP contribution in [0.1, 0.15) is 19.8 Å². The second-order valence-corrected chi connectivity index (χ2v) is 4.74. The van der Waals surface area contributed by atoms with Crippen LogP contribution in [0.15, 0.2) is 10.3 Å². The number of carbonyl (C=O) groups is 3. The van der Waals surface area contributed by atoms with Gasteiger partial charge in [0.15, 0.2) is 12.3 Å². The van der Waals surface area contributed by atoms with Crippen molar-refractivity contribution in [3.8, 4) is 6.07 Å². The Balaban J connectivity index is 2.01. The van der Waals surface area contributed by atoms with Gasteiger partial charge in [0.1, 0.15) is 18.4 Å². The molecule has 0 spiro atoms. The van der Waals surface area contributed by atoms with Crippen molar-refractivity contribution in [1.82, 2.24) is 5.01 Å². The van der Waals surface area contributed by atoms with Gasteiger partial charge in [0.2, 0.25) is 0 Å². The number of rotatable bonds is 4. The fourth-order valence-corrected chi connectivity index (χ4v) is 2.07. The third-order valence-electron chi connectivity index (χ3n) is 3.15. The molecule has 2 heterocycles. The highest BCUT2D eigenvalue weighted by molar-refractivity contribution is 6.43. The summed E-state index contributed by atoms with van der Waals surface area (Å²) >= 11 is 0. The van der Waals surface area contributed by atoms with E-state index in [1.165, 1.54) is 13.0 Å². The minimum atomic E-state index is -1.48. The first-order valence-electron chi connectivity index (χ1n) is 6.49. The molecular weight excluding hydrogens is 294 g/mol. The number of ether oxygens (including phenoxy) is 2. The lowest BCUT2D eigenvalue weighted by Gasteiger charge is -2.26. The molecule has 1 saturated heterocycles. The lowest BCUT2D eigenvalue weighted by molar-refractivity contribution is -0.160. The number of nitrogens with one attached hydrogen (secondary N) is 1. The Morgan fingerprint density at radius 1 is 1.55 bits per heavy atom. The molecule has 10 nitrogen and oxygen atoms in total. The number of carbonyl (C=O) groups excluding carboxylic acids is 3. The SMILES string of the molecule is CC(=O)OCC1CCC(N2N=NC(C(=N)C#N)C(=O)C2=O)O1. The molecule has 3 unspecified atom stereocenters. The van der Waals surface area contributed by atoms with Crippen LogP contribution < -0.4 is 0 Å². The molecule has 1 amide bonds. The predicted octanol–water partition coefficient (Wildman–Crippen LogP) is -0.255. The van der Waals surface area contributed by atoms with Crippen LogP contribution in [0.5, 0.6) is 0 Å². The number of nitrogens with zero attached hydrogens (tertiary/aromatic N) is 4. The second-order valence-electron chi connectivity index (χ2n) is 4.74. The predicted molar refractivity (Wildman–Crippen MR) is 68.4 cm³/mol. The van der Waals surface area contributed by atoms with Gasteiger partial charge in [-0.05, 0) is 12.8 Å². The van der Waals surface area contributed by atoms with Crippen LogP contribution in [0.4, 0.5) is 0 Å². The Morgan fingerprint density at radius 3 is 2.91 bits per heavy atom. The molecule has 0 aromatic carbocycles. The highest BCUT2D eigenvalue weighted by atomic mass is 16.6. The van der Waals surface area contributed by atoms with E-state index in [-0.39, 0.29) is 12.7 Å². The van der Waals surface area contributed by atoms with Crippen molar-refractivity contribution < 1.29 is 23.9 Å². The van der Waals surface area contributed by atoms with E-state index in [0.29, 0.717) is 12.8 Å². The van der Waals surface area contributed by atoms with Gasteiger partial charge in [-0.3, -0.25) is 19.8 Å². The minimum absolute atomic E-state index is 0.0562. The largest absolute Gasteiger partial charge is 0.463 e. The number of hydrogen-bond donors (Lipinski definition) is 1. The number of esters is 1. The standard InChI is InChI=1S/C12H13N5O5/c1-6(18)21-5-7-2-3-9(22-7)17-12(20)11(19)10(15-16-17)8(14)4-13/h7,9-10,14H,2-3,5H2,1H3. The fourth-order valence-electron chi connectivity index (χ4n) is 2.07. The van der Waals surface area contributed by atoms with Crippen molar-refractivity contribution in [2.45, 2.75) is 38.1 Å². The van der Waals surface area contributed by atoms with E-state index in [4.69, 9.17) is 20.1 Å². The summed E-state index contributed by atoms with van der Waals surface area (Å²) in [5.74, 6) is -2.40. The molecule has 1 fully saturated rings. The number of ketones is 1. The Hall–Kier alpha value is -2.67. The van der Waals surface area contributed by atoms with Crippen LogP contribution in [0, 0.1) is 16.7 Å². The van der Waals surface area contributed by atoms with Crippen molar-refractivity contribution in [2.75, 3.05) is 6.61 Å². The Morgan fingerprint density at radius 2 is 2.27 bits per heavy atom. The first kappa shape index (κ1) is 15.7. The molecule has 2 aliphatic heterocycles. The average molecular weight is 307 g/mol. The van der Waals surface area contributed by atoms with E-state index >= 15 is 0 Å². The lowest BCUT2D eigenvalue weighted by atomic mass is 10.1. The van der Waals surface area contributed by atoms with E-state index in [9.17, 15) is 14.4 Å². The third kappa shape index (κ3) is 3.15. The van der Waals surface area contributed by atoms with Crippen LogP contribution >= 0.6 is 0 Å². The summed E-state index contributed by atoms with van der Waals surface area (Å²) in [6.07, 6.45) is -0.229. The highest BCUT2D eigenvalue weighted by Gasteiger charge is 2.42. The topological polar surface area (TPSA) is 145 Å². The van der Waals surface area contributed by atoms with Crippen LogP contribution in [0.2, 0.25) is 0 Å². The van der Waals surface area contributed by atoms with E-state index in [0.717, 1.165) is 5.01 Å². The minimum Gasteiger partial charge on any atom is -0.463 e. The van der Waals surface area contributed by atoms with Gasteiger partial charge < -0.3 is 9.47 Å². The van der Waals surface area contributed by atoms with Crippen LogP contribution in [0.25, 0.3) is 0 Å². The number of Topliss-reactive ketones (excluding diaryl/α,β-unsaturated/α-hetero) is 1. The third-order valence-corrected chi connectivity index (χ3v) is 3.15. The summed E-state index contributed by atoms with van der Waals surface area (Å²) in [4.78, 5) is 34.5. The summed E-state index contributed by atoms with van der Waals surface area (Å²) in [7, 11) is 0. The van der Waals surface area contributed by atoms with Crippen molar-refractivity contribution >= 4 is 23.4 Å². The number of hydrogen-bond acceptors (Lipinski definition) is 9. The molecule has 10 heteroatoms. The molecule has 0 saturated carbocycles. The van der Waals surface area contributed by atoms with E-state index in [1.807, 2.05) is 0 Å². The summed E-state index contributed by atoms with van der Waals surface area (Å²) in [6.45, 7) is 1.33. The first-order valence-corrected chi connectivity index (χ1v) is 6.49. The van der Waals surface area contributed by atoms with Crippen molar-refractivity contribution in [1.29, 1.82) is 10.7 Å². The monoisotopic (exact) mass is 307 g/mol. The highest BCUT2D eigenvalue weighted by Crippen LogP contribution is 2.25. The van der Waals surface area contributed by atoms with Crippen molar-refractivity contribution in [3.63, 3.8) is 0 Å². The van der Waals surface area contributed by atoms with Gasteiger partial charge in [-0.25, -0.2) is 0 Å². The maximum atomic E-state index is 12.0. The van der Waals surface area contributed by atoms with Gasteiger partial charge in [0, 0.05) is 6.92 Å². The molecule has 0 aromatic rings. The summed E-state index contributed by atoms with van der Waals surface area (Å²) in [6, 6.07) is -0.0170. The molecule has 0 aromatic heterocycles. The van der Waals surface area contributed by atoms with E-state index in [2.05, 4.69) is 10.3 Å². The molecule has 116 valence electrons. The Bertz CT molecular complexity index is 595. The molecule has 1 N–H and O–H groups in total. The summed E-state index contributed by atoms with van der Waals surface area (Å²) in [5, 5.41) is 23.8. The maximum Gasteiger partial charge on any atom is 0.316 e. The van der Waals surface area contributed by atoms with Crippen LogP contribution in [-0.4, -0.2) is 53.4 Å². The van der Waals surface area contributed by atoms with E-state index < -0.39 is 35.6 Å². The van der Waals surface area contributed by atoms with Gasteiger partial charge in [0.25, 0.3) is 5.78 Å². The Kier molecular flexibility index (Phi) is 4.57. The van der Waals surface area contributed by atoms with Gasteiger partial charge in [0.05, 0.1) is 6.10 Å².